The van der Waals surface area contributed by atoms with Crippen molar-refractivity contribution in [3.05, 3.63) is 11.9 Å². The Hall–Kier alpha value is -0.900. The molecule has 0 aromatic rings. The van der Waals surface area contributed by atoms with Crippen LogP contribution < -0.4 is 5.73 Å². The van der Waals surface area contributed by atoms with Crippen LogP contribution in [0.15, 0.2) is 11.9 Å². The minimum atomic E-state index is -1.14. The van der Waals surface area contributed by atoms with Crippen LogP contribution in [-0.2, 0) is 9.53 Å². The summed E-state index contributed by atoms with van der Waals surface area (Å²) in [5.41, 5.74) is 5.60. The first kappa shape index (κ1) is 12.2. The number of halogens is 1. The van der Waals surface area contributed by atoms with Crippen LogP contribution in [0.4, 0.5) is 4.39 Å². The highest BCUT2D eigenvalue weighted by molar-refractivity contribution is 5.83. The summed E-state index contributed by atoms with van der Waals surface area (Å²) in [4.78, 5) is 11.3. The topological polar surface area (TPSA) is 50.1 Å². The highest BCUT2D eigenvalue weighted by atomic mass is 19.1. The van der Waals surface area contributed by atoms with Crippen LogP contribution in [0.1, 0.15) is 40.0 Å². The number of allylic oxidation sites excluding steroid dienone is 1. The molecule has 0 heterocycles. The molecule has 0 aromatic heterocycles. The van der Waals surface area contributed by atoms with Gasteiger partial charge in [-0.1, -0.05) is 0 Å². The molecule has 1 aliphatic rings. The van der Waals surface area contributed by atoms with Gasteiger partial charge in [0.25, 0.3) is 5.91 Å². The van der Waals surface area contributed by atoms with Crippen molar-refractivity contribution in [3.63, 3.8) is 0 Å². The van der Waals surface area contributed by atoms with Crippen LogP contribution >= 0.6 is 0 Å². The van der Waals surface area contributed by atoms with Gasteiger partial charge in [0.2, 0.25) is 0 Å². The molecule has 0 spiro atoms. The maximum Gasteiger partial charge on any atom is 0.270 e. The fraction of sp³-hybridized carbons (Fsp3) is 0.727. The Morgan fingerprint density at radius 2 is 2.20 bits per heavy atom. The molecule has 0 saturated heterocycles. The van der Waals surface area contributed by atoms with Gasteiger partial charge in [-0.05, 0) is 33.3 Å². The molecule has 4 heteroatoms. The third-order valence-electron chi connectivity index (χ3n) is 2.34. The number of hydrogen-bond acceptors (Lipinski definition) is 2. The van der Waals surface area contributed by atoms with Crippen molar-refractivity contribution in [1.29, 1.82) is 0 Å². The zero-order chi connectivity index (χ0) is 11.7. The van der Waals surface area contributed by atoms with Crippen LogP contribution in [0.25, 0.3) is 0 Å². The zero-order valence-electron chi connectivity index (χ0n) is 9.39. The van der Waals surface area contributed by atoms with Crippen LogP contribution in [0.5, 0.6) is 0 Å². The zero-order valence-corrected chi connectivity index (χ0v) is 9.39. The number of carbonyl (C=O) groups excluding carboxylic acids is 1. The van der Waals surface area contributed by atoms with Gasteiger partial charge in [0.1, 0.15) is 0 Å². The minimum absolute atomic E-state index is 0.165. The summed E-state index contributed by atoms with van der Waals surface area (Å²) in [5.74, 6) is -0.981. The Kier molecular flexibility index (Phi) is 3.19. The number of rotatable bonds is 2. The predicted molar refractivity (Wildman–Crippen MR) is 54.7 cm³/mol. The maximum absolute atomic E-state index is 12.9. The number of nitrogens with one attached hydrogen (secondary N) is 1. The second-order valence-electron chi connectivity index (χ2n) is 4.89. The monoisotopic (exact) mass is 214 g/mol. The number of amides is 1. The van der Waals surface area contributed by atoms with Crippen molar-refractivity contribution in [2.24, 2.45) is 0 Å². The Labute approximate surface area is 89.5 Å². The first-order valence-corrected chi connectivity index (χ1v) is 5.06. The summed E-state index contributed by atoms with van der Waals surface area (Å²) < 4.78 is 18.5. The lowest BCUT2D eigenvalue weighted by atomic mass is 9.87. The quantitative estimate of drug-likeness (QED) is 0.708. The summed E-state index contributed by atoms with van der Waals surface area (Å²) in [6.45, 7) is 5.48. The molecule has 15 heavy (non-hydrogen) atoms. The van der Waals surface area contributed by atoms with E-state index in [4.69, 9.17) is 10.5 Å². The minimum Gasteiger partial charge on any atom is -0.359 e. The highest BCUT2D eigenvalue weighted by Gasteiger charge is 2.42. The van der Waals surface area contributed by atoms with E-state index in [9.17, 15) is 9.18 Å². The van der Waals surface area contributed by atoms with E-state index in [0.29, 0.717) is 0 Å². The molecule has 85 valence electrons. The first-order chi connectivity index (χ1) is 6.75. The van der Waals surface area contributed by atoms with Crippen molar-refractivity contribution in [2.45, 2.75) is 51.2 Å². The highest BCUT2D eigenvalue weighted by Crippen LogP contribution is 2.34. The molecule has 0 aromatic carbocycles. The van der Waals surface area contributed by atoms with E-state index in [2.05, 4.69) is 0 Å². The van der Waals surface area contributed by atoms with Gasteiger partial charge in [-0.3, -0.25) is 10.5 Å². The van der Waals surface area contributed by atoms with Crippen LogP contribution in [0, 0.1) is 0 Å². The summed E-state index contributed by atoms with van der Waals surface area (Å²) in [6.07, 6.45) is 1.95. The first-order valence-electron chi connectivity index (χ1n) is 5.06. The van der Waals surface area contributed by atoms with Crippen LogP contribution in [0.3, 0.4) is 0 Å². The van der Waals surface area contributed by atoms with E-state index in [-0.39, 0.29) is 25.1 Å². The lowest BCUT2D eigenvalue weighted by Crippen LogP contribution is -2.48. The van der Waals surface area contributed by atoms with Gasteiger partial charge in [0.15, 0.2) is 5.60 Å². The van der Waals surface area contributed by atoms with Gasteiger partial charge in [-0.15, -0.1) is 0 Å². The third kappa shape index (κ3) is 3.02. The Morgan fingerprint density at radius 1 is 1.60 bits per heavy atom. The molecular formula is C11H17FNO2. The SMILES string of the molecule is CC(C)(C)OC1(C([NH])=O)CC=C(F)CC1. The molecule has 1 N–H and O–H groups in total. The van der Waals surface area contributed by atoms with E-state index in [0.717, 1.165) is 0 Å². The molecule has 3 nitrogen and oxygen atoms in total. The van der Waals surface area contributed by atoms with Gasteiger partial charge >= 0.3 is 0 Å². The smallest absolute Gasteiger partial charge is 0.270 e. The largest absolute Gasteiger partial charge is 0.359 e. The molecule has 0 fully saturated rings. The number of ether oxygens (including phenoxy) is 1. The fourth-order valence-electron chi connectivity index (χ4n) is 1.73. The van der Waals surface area contributed by atoms with Crippen LogP contribution in [-0.4, -0.2) is 17.1 Å². The Bertz CT molecular complexity index is 293. The molecular weight excluding hydrogens is 197 g/mol. The van der Waals surface area contributed by atoms with E-state index >= 15 is 0 Å². The fourth-order valence-corrected chi connectivity index (χ4v) is 1.73. The van der Waals surface area contributed by atoms with E-state index in [1.165, 1.54) is 6.08 Å². The van der Waals surface area contributed by atoms with Gasteiger partial charge in [0, 0.05) is 12.8 Å². The normalized spacial score (nSPS) is 27.3. The van der Waals surface area contributed by atoms with Gasteiger partial charge in [-0.25, -0.2) is 4.39 Å². The Balaban J connectivity index is 2.87. The molecule has 0 bridgehead atoms. The number of hydrogen-bond donors (Lipinski definition) is 0. The molecule has 0 saturated carbocycles. The van der Waals surface area contributed by atoms with E-state index < -0.39 is 17.1 Å². The molecule has 1 amide bonds. The molecule has 1 atom stereocenters. The van der Waals surface area contributed by atoms with Gasteiger partial charge < -0.3 is 4.74 Å². The Morgan fingerprint density at radius 3 is 2.53 bits per heavy atom. The van der Waals surface area contributed by atoms with Crippen molar-refractivity contribution < 1.29 is 13.9 Å². The van der Waals surface area contributed by atoms with E-state index in [1.807, 2.05) is 20.8 Å². The summed E-state index contributed by atoms with van der Waals surface area (Å²) in [5, 5.41) is 0. The summed E-state index contributed by atoms with van der Waals surface area (Å²) in [7, 11) is 0. The second kappa shape index (κ2) is 3.93. The standard InChI is InChI=1S/C11H17FNO2/c1-10(2,3)15-11(9(13)14)6-4-8(12)5-7-11/h4,13H,5-7H2,1-3H3. The molecule has 1 rings (SSSR count). The molecule has 1 radical (unpaired) electrons. The maximum atomic E-state index is 12.9. The lowest BCUT2D eigenvalue weighted by molar-refractivity contribution is -0.167. The molecule has 1 aliphatic carbocycles. The molecule has 0 aliphatic heterocycles. The predicted octanol–water partition coefficient (Wildman–Crippen LogP) is 2.39. The van der Waals surface area contributed by atoms with Crippen molar-refractivity contribution >= 4 is 5.91 Å². The van der Waals surface area contributed by atoms with E-state index in [1.54, 1.807) is 0 Å². The van der Waals surface area contributed by atoms with Gasteiger partial charge in [0.05, 0.1) is 11.4 Å². The third-order valence-corrected chi connectivity index (χ3v) is 2.34. The average molecular weight is 214 g/mol. The summed E-state index contributed by atoms with van der Waals surface area (Å²) >= 11 is 0. The number of carbonyl (C=O) groups is 1. The van der Waals surface area contributed by atoms with Crippen LogP contribution in [0.2, 0.25) is 0 Å². The second-order valence-corrected chi connectivity index (χ2v) is 4.89. The van der Waals surface area contributed by atoms with Crippen molar-refractivity contribution in [3.8, 4) is 0 Å². The van der Waals surface area contributed by atoms with Crippen molar-refractivity contribution in [2.75, 3.05) is 0 Å². The van der Waals surface area contributed by atoms with Gasteiger partial charge in [-0.2, -0.15) is 0 Å². The lowest BCUT2D eigenvalue weighted by Gasteiger charge is -2.37. The summed E-state index contributed by atoms with van der Waals surface area (Å²) in [6, 6.07) is 0. The molecule has 1 unspecified atom stereocenters. The average Bonchev–Trinajstić information content (AvgIpc) is 2.06. The van der Waals surface area contributed by atoms with Crippen molar-refractivity contribution in [1.82, 2.24) is 5.73 Å².